The third-order valence-corrected chi connectivity index (χ3v) is 6.85. The number of amidine groups is 1. The number of allylic oxidation sites excluding steroid dienone is 4. The van der Waals surface area contributed by atoms with Gasteiger partial charge in [-0.2, -0.15) is 5.10 Å². The van der Waals surface area contributed by atoms with Gasteiger partial charge >= 0.3 is 0 Å². The maximum Gasteiger partial charge on any atom is 0.155 e. The molecule has 0 aromatic heterocycles. The quantitative estimate of drug-likeness (QED) is 0.152. The second-order valence-corrected chi connectivity index (χ2v) is 9.12. The van der Waals surface area contributed by atoms with Crippen LogP contribution in [-0.4, -0.2) is 73.2 Å². The zero-order valence-corrected chi connectivity index (χ0v) is 22.8. The zero-order valence-electron chi connectivity index (χ0n) is 22.8. The van der Waals surface area contributed by atoms with Crippen molar-refractivity contribution in [1.29, 1.82) is 0 Å². The lowest BCUT2D eigenvalue weighted by Crippen LogP contribution is -2.52. The lowest BCUT2D eigenvalue weighted by Gasteiger charge is -2.41. The molecule has 0 unspecified atom stereocenters. The van der Waals surface area contributed by atoms with E-state index in [-0.39, 0.29) is 0 Å². The maximum absolute atomic E-state index is 5.35. The number of hydrogen-bond donors (Lipinski definition) is 1. The molecule has 0 radical (unpaired) electrons. The molecule has 2 rings (SSSR count). The topological polar surface area (TPSA) is 55.7 Å². The first-order chi connectivity index (χ1) is 16.8. The van der Waals surface area contributed by atoms with E-state index < -0.39 is 0 Å². The summed E-state index contributed by atoms with van der Waals surface area (Å²) < 4.78 is 5.35. The van der Waals surface area contributed by atoms with Crippen molar-refractivity contribution >= 4 is 12.1 Å². The van der Waals surface area contributed by atoms with Crippen LogP contribution in [0, 0.1) is 0 Å². The lowest BCUT2D eigenvalue weighted by atomic mass is 9.94. The van der Waals surface area contributed by atoms with Crippen molar-refractivity contribution in [2.24, 2.45) is 10.1 Å². The monoisotopic (exact) mass is 482 g/mol. The average molecular weight is 483 g/mol. The van der Waals surface area contributed by atoms with Gasteiger partial charge in [0.2, 0.25) is 0 Å². The van der Waals surface area contributed by atoms with E-state index in [1.807, 2.05) is 40.0 Å². The third kappa shape index (κ3) is 8.42. The van der Waals surface area contributed by atoms with Crippen molar-refractivity contribution in [3.05, 3.63) is 59.9 Å². The summed E-state index contributed by atoms with van der Waals surface area (Å²) in [5, 5.41) is 9.60. The number of rotatable bonds is 10. The van der Waals surface area contributed by atoms with Crippen molar-refractivity contribution in [3.63, 3.8) is 0 Å². The van der Waals surface area contributed by atoms with Crippen molar-refractivity contribution in [2.45, 2.75) is 65.8 Å². The highest BCUT2D eigenvalue weighted by atomic mass is 16.5. The van der Waals surface area contributed by atoms with Crippen molar-refractivity contribution in [2.75, 3.05) is 40.3 Å². The Kier molecular flexibility index (Phi) is 11.8. The lowest BCUT2D eigenvalue weighted by molar-refractivity contribution is 0.107. The molecule has 0 spiro atoms. The van der Waals surface area contributed by atoms with E-state index in [1.54, 1.807) is 24.4 Å². The van der Waals surface area contributed by atoms with Crippen LogP contribution >= 0.6 is 0 Å². The van der Waals surface area contributed by atoms with Gasteiger partial charge in [-0.1, -0.05) is 32.4 Å². The van der Waals surface area contributed by atoms with Crippen LogP contribution in [-0.2, 0) is 4.74 Å². The zero-order chi connectivity index (χ0) is 25.8. The Morgan fingerprint density at radius 1 is 1.09 bits per heavy atom. The van der Waals surface area contributed by atoms with Gasteiger partial charge in [-0.3, -0.25) is 9.91 Å². The third-order valence-electron chi connectivity index (χ3n) is 6.85. The van der Waals surface area contributed by atoms with Gasteiger partial charge in [-0.05, 0) is 52.7 Å². The standard InChI is InChI=1S/C28H46N6O/c1-9-25(21-27(10-2)35-8)30-23(5)22(4)28(32(7)29-11-3)31-24(6)33-17-19-34(20-18-33)26-15-13-12-14-16-26/h9-11,21,26,30H,1,5,12-20H2,2-4,6-8H3/b25-21+,27-10+,28-22+,29-11-,31-24+. The SMILES string of the molecule is C=C/C(=C\C(=C/C)OC)NC(=C)/C(C)=C(\N=C(/C)N1CCN(C2CCCCC2)CC1)N(C)/N=C\C. The number of methoxy groups -OCH3 is 1. The van der Waals surface area contributed by atoms with Crippen LogP contribution in [0.15, 0.2) is 70.0 Å². The highest BCUT2D eigenvalue weighted by Crippen LogP contribution is 2.24. The van der Waals surface area contributed by atoms with Gasteiger partial charge in [0.05, 0.1) is 7.11 Å². The molecule has 194 valence electrons. The van der Waals surface area contributed by atoms with E-state index in [0.717, 1.165) is 66.6 Å². The van der Waals surface area contributed by atoms with Gasteiger partial charge < -0.3 is 15.0 Å². The number of aliphatic imine (C=N–C) groups is 1. The molecule has 0 atom stereocenters. The minimum Gasteiger partial charge on any atom is -0.497 e. The number of ether oxygens (including phenoxy) is 1. The molecular formula is C28H46N6O. The summed E-state index contributed by atoms with van der Waals surface area (Å²) in [5.41, 5.74) is 2.44. The molecular weight excluding hydrogens is 436 g/mol. The highest BCUT2D eigenvalue weighted by molar-refractivity contribution is 5.81. The molecule has 1 saturated heterocycles. The molecule has 1 saturated carbocycles. The van der Waals surface area contributed by atoms with E-state index in [4.69, 9.17) is 9.73 Å². The molecule has 1 aliphatic carbocycles. The van der Waals surface area contributed by atoms with Crippen molar-refractivity contribution < 1.29 is 4.74 Å². The smallest absolute Gasteiger partial charge is 0.155 e. The number of nitrogens with one attached hydrogen (secondary N) is 1. The van der Waals surface area contributed by atoms with Gasteiger partial charge in [0.15, 0.2) is 5.82 Å². The van der Waals surface area contributed by atoms with E-state index in [9.17, 15) is 0 Å². The molecule has 7 nitrogen and oxygen atoms in total. The molecule has 1 aliphatic heterocycles. The second kappa shape index (κ2) is 14.6. The maximum atomic E-state index is 5.35. The minimum atomic E-state index is 0.731. The fourth-order valence-electron chi connectivity index (χ4n) is 4.67. The molecule has 1 N–H and O–H groups in total. The summed E-state index contributed by atoms with van der Waals surface area (Å²) in [4.78, 5) is 10.1. The van der Waals surface area contributed by atoms with Gasteiger partial charge in [-0.15, -0.1) is 0 Å². The van der Waals surface area contributed by atoms with Crippen LogP contribution < -0.4 is 5.32 Å². The van der Waals surface area contributed by atoms with Crippen LogP contribution in [0.5, 0.6) is 0 Å². The van der Waals surface area contributed by atoms with Crippen LogP contribution in [0.4, 0.5) is 0 Å². The first-order valence-electron chi connectivity index (χ1n) is 12.8. The molecule has 0 aromatic rings. The van der Waals surface area contributed by atoms with Crippen molar-refractivity contribution in [3.8, 4) is 0 Å². The van der Waals surface area contributed by atoms with E-state index in [0.29, 0.717) is 0 Å². The summed E-state index contributed by atoms with van der Waals surface area (Å²) in [6, 6.07) is 0.772. The Balaban J connectivity index is 2.20. The number of hydrazone groups is 1. The first kappa shape index (κ1) is 28.4. The number of nitrogens with zero attached hydrogens (tertiary/aromatic N) is 5. The summed E-state index contributed by atoms with van der Waals surface area (Å²) >= 11 is 0. The van der Waals surface area contributed by atoms with Crippen molar-refractivity contribution in [1.82, 2.24) is 20.1 Å². The molecule has 0 bridgehead atoms. The molecule has 2 aliphatic rings. The van der Waals surface area contributed by atoms with E-state index in [1.165, 1.54) is 32.1 Å². The largest absolute Gasteiger partial charge is 0.497 e. The Bertz CT molecular complexity index is 868. The highest BCUT2D eigenvalue weighted by Gasteiger charge is 2.25. The van der Waals surface area contributed by atoms with Gasteiger partial charge in [0, 0.05) is 68.5 Å². The van der Waals surface area contributed by atoms with Gasteiger partial charge in [0.1, 0.15) is 11.6 Å². The summed E-state index contributed by atoms with van der Waals surface area (Å²) in [7, 11) is 3.56. The van der Waals surface area contributed by atoms with E-state index >= 15 is 0 Å². The fraction of sp³-hybridized carbons (Fsp3) is 0.571. The van der Waals surface area contributed by atoms with Crippen LogP contribution in [0.1, 0.15) is 59.8 Å². The normalized spacial score (nSPS) is 20.1. The van der Waals surface area contributed by atoms with Crippen LogP contribution in [0.25, 0.3) is 0 Å². The van der Waals surface area contributed by atoms with Gasteiger partial charge in [0.25, 0.3) is 0 Å². The average Bonchev–Trinajstić information content (AvgIpc) is 2.89. The second-order valence-electron chi connectivity index (χ2n) is 9.12. The molecule has 0 aromatic carbocycles. The van der Waals surface area contributed by atoms with Crippen LogP contribution in [0.2, 0.25) is 0 Å². The molecule has 7 heteroatoms. The number of hydrogen-bond acceptors (Lipinski definition) is 6. The Morgan fingerprint density at radius 2 is 1.74 bits per heavy atom. The predicted molar refractivity (Wildman–Crippen MR) is 149 cm³/mol. The Hall–Kier alpha value is -2.80. The molecule has 35 heavy (non-hydrogen) atoms. The molecule has 1 heterocycles. The first-order valence-corrected chi connectivity index (χ1v) is 12.8. The molecule has 0 amide bonds. The fourth-order valence-corrected chi connectivity index (χ4v) is 4.67. The predicted octanol–water partition coefficient (Wildman–Crippen LogP) is 5.25. The van der Waals surface area contributed by atoms with Crippen LogP contribution in [0.3, 0.4) is 0 Å². The van der Waals surface area contributed by atoms with Gasteiger partial charge in [-0.25, -0.2) is 4.99 Å². The summed E-state index contributed by atoms with van der Waals surface area (Å²) in [5.74, 6) is 2.51. The molecule has 2 fully saturated rings. The minimum absolute atomic E-state index is 0.731. The summed E-state index contributed by atoms with van der Waals surface area (Å²) in [6.45, 7) is 20.3. The Morgan fingerprint density at radius 3 is 2.29 bits per heavy atom. The summed E-state index contributed by atoms with van der Waals surface area (Å²) in [6.07, 6.45) is 14.2. The van der Waals surface area contributed by atoms with E-state index in [2.05, 4.69) is 40.3 Å². The Labute approximate surface area is 213 Å². The number of piperazine rings is 1.